The van der Waals surface area contributed by atoms with Crippen molar-refractivity contribution in [2.45, 2.75) is 68.9 Å². The predicted octanol–water partition coefficient (Wildman–Crippen LogP) is 3.34. The standard InChI is InChI=1S/C26H28F2N6O2/c1-33-13-19(27)18(11-24(33)36)14-5-8-17(22(35)9-14)26-29-12-23(31-32-26)34(16-6-7-16)21-10-15-3-2-4-20(30-15)25(21)28/h5,8-9,11-13,15-16,20-21,25,30,35H,2-4,6-7,10H2,1H3/t15-,20+,21+,25-/m1/s1. The molecule has 3 aromatic rings. The van der Waals surface area contributed by atoms with Crippen LogP contribution in [0.5, 0.6) is 5.75 Å². The van der Waals surface area contributed by atoms with Gasteiger partial charge in [-0.1, -0.05) is 12.5 Å². The number of fused-ring (bicyclic) bond motifs is 2. The van der Waals surface area contributed by atoms with Crippen molar-refractivity contribution in [3.8, 4) is 28.3 Å². The highest BCUT2D eigenvalue weighted by molar-refractivity contribution is 5.73. The molecule has 6 rings (SSSR count). The number of piperidine rings is 2. The Balaban J connectivity index is 1.27. The number of alkyl halides is 1. The van der Waals surface area contributed by atoms with Gasteiger partial charge in [-0.05, 0) is 49.8 Å². The molecule has 4 atom stereocenters. The zero-order valence-corrected chi connectivity index (χ0v) is 19.9. The molecule has 2 saturated heterocycles. The number of nitrogens with one attached hydrogen (secondary N) is 1. The van der Waals surface area contributed by atoms with Crippen molar-refractivity contribution in [3.63, 3.8) is 0 Å². The van der Waals surface area contributed by atoms with Gasteiger partial charge in [0.2, 0.25) is 0 Å². The second-order valence-corrected chi connectivity index (χ2v) is 10.1. The summed E-state index contributed by atoms with van der Waals surface area (Å²) in [5.41, 5.74) is 0.439. The van der Waals surface area contributed by atoms with Gasteiger partial charge in [-0.15, -0.1) is 10.2 Å². The smallest absolute Gasteiger partial charge is 0.251 e. The van der Waals surface area contributed by atoms with E-state index in [0.29, 0.717) is 23.0 Å². The largest absolute Gasteiger partial charge is 0.507 e. The molecule has 1 aliphatic carbocycles. The third-order valence-corrected chi connectivity index (χ3v) is 7.64. The maximum absolute atomic E-state index is 15.4. The second kappa shape index (κ2) is 8.92. The highest BCUT2D eigenvalue weighted by Crippen LogP contribution is 2.39. The molecular weight excluding hydrogens is 466 g/mol. The number of nitrogens with zero attached hydrogens (tertiary/aromatic N) is 5. The highest BCUT2D eigenvalue weighted by Gasteiger charge is 2.46. The average molecular weight is 495 g/mol. The molecule has 2 aromatic heterocycles. The molecule has 2 aliphatic heterocycles. The molecule has 8 nitrogen and oxygen atoms in total. The Kier molecular flexibility index (Phi) is 5.70. The maximum atomic E-state index is 15.4. The van der Waals surface area contributed by atoms with E-state index in [4.69, 9.17) is 0 Å². The Morgan fingerprint density at radius 1 is 1.14 bits per heavy atom. The summed E-state index contributed by atoms with van der Waals surface area (Å²) in [6, 6.07) is 5.94. The minimum Gasteiger partial charge on any atom is -0.507 e. The molecule has 0 radical (unpaired) electrons. The minimum atomic E-state index is -0.976. The SMILES string of the molecule is Cn1cc(F)c(-c2ccc(-c3ncc(N(C4CC4)[C@H]4C[C@H]5CCC[C@H](N5)[C@H]4F)nn3)c(O)c2)cc1=O. The van der Waals surface area contributed by atoms with Crippen LogP contribution in [0.1, 0.15) is 38.5 Å². The lowest BCUT2D eigenvalue weighted by molar-refractivity contribution is 0.104. The van der Waals surface area contributed by atoms with Gasteiger partial charge in [0, 0.05) is 43.0 Å². The summed E-state index contributed by atoms with van der Waals surface area (Å²) in [6.07, 6.45) is 7.44. The number of aromatic nitrogens is 4. The average Bonchev–Trinajstić information content (AvgIpc) is 3.71. The fraction of sp³-hybridized carbons (Fsp3) is 0.462. The monoisotopic (exact) mass is 494 g/mol. The van der Waals surface area contributed by atoms with Crippen molar-refractivity contribution in [1.29, 1.82) is 0 Å². The Morgan fingerprint density at radius 2 is 1.97 bits per heavy atom. The molecule has 1 aromatic carbocycles. The van der Waals surface area contributed by atoms with Gasteiger partial charge in [-0.3, -0.25) is 4.79 Å². The van der Waals surface area contributed by atoms with Crippen LogP contribution in [0.2, 0.25) is 0 Å². The lowest BCUT2D eigenvalue weighted by Gasteiger charge is -2.47. The van der Waals surface area contributed by atoms with Crippen LogP contribution in [0.15, 0.2) is 41.5 Å². The number of aromatic hydroxyl groups is 1. The van der Waals surface area contributed by atoms with E-state index in [2.05, 4.69) is 25.4 Å². The summed E-state index contributed by atoms with van der Waals surface area (Å²) in [7, 11) is 1.47. The normalized spacial score (nSPS) is 25.5. The van der Waals surface area contributed by atoms with Crippen molar-refractivity contribution in [1.82, 2.24) is 25.1 Å². The van der Waals surface area contributed by atoms with E-state index in [-0.39, 0.29) is 40.8 Å². The summed E-state index contributed by atoms with van der Waals surface area (Å²) in [5, 5.41) is 22.7. The summed E-state index contributed by atoms with van der Waals surface area (Å²) < 4.78 is 31.0. The van der Waals surface area contributed by atoms with Gasteiger partial charge in [0.25, 0.3) is 5.56 Å². The topological polar surface area (TPSA) is 96.2 Å². The first kappa shape index (κ1) is 23.0. The van der Waals surface area contributed by atoms with Crippen LogP contribution in [0, 0.1) is 5.82 Å². The van der Waals surface area contributed by atoms with E-state index in [1.165, 1.54) is 19.2 Å². The molecule has 1 saturated carbocycles. The van der Waals surface area contributed by atoms with Crippen LogP contribution in [0.4, 0.5) is 14.6 Å². The van der Waals surface area contributed by atoms with Gasteiger partial charge in [0.15, 0.2) is 11.6 Å². The van der Waals surface area contributed by atoms with Gasteiger partial charge in [-0.2, -0.15) is 0 Å². The minimum absolute atomic E-state index is 0.0990. The second-order valence-electron chi connectivity index (χ2n) is 10.1. The molecule has 188 valence electrons. The summed E-state index contributed by atoms with van der Waals surface area (Å²) in [5.74, 6) is 0.0326. The number of phenolic OH excluding ortho intramolecular Hbond substituents is 1. The predicted molar refractivity (Wildman–Crippen MR) is 131 cm³/mol. The zero-order chi connectivity index (χ0) is 25.0. The quantitative estimate of drug-likeness (QED) is 0.562. The first-order chi connectivity index (χ1) is 17.4. The van der Waals surface area contributed by atoms with Crippen LogP contribution in [0.3, 0.4) is 0 Å². The molecule has 0 unspecified atom stereocenters. The fourth-order valence-electron chi connectivity index (χ4n) is 5.65. The Labute approximate surface area is 207 Å². The third kappa shape index (κ3) is 4.13. The summed E-state index contributed by atoms with van der Waals surface area (Å²) in [6.45, 7) is 0. The number of aryl methyl sites for hydroxylation is 1. The van der Waals surface area contributed by atoms with Crippen molar-refractivity contribution >= 4 is 5.82 Å². The Morgan fingerprint density at radius 3 is 2.69 bits per heavy atom. The molecule has 2 N–H and O–H groups in total. The molecule has 3 aliphatic rings. The molecule has 3 fully saturated rings. The van der Waals surface area contributed by atoms with E-state index >= 15 is 4.39 Å². The zero-order valence-electron chi connectivity index (χ0n) is 19.9. The molecule has 4 heterocycles. The van der Waals surface area contributed by atoms with Gasteiger partial charge < -0.3 is 19.9 Å². The summed E-state index contributed by atoms with van der Waals surface area (Å²) in [4.78, 5) is 18.5. The lowest BCUT2D eigenvalue weighted by Crippen LogP contribution is -2.62. The van der Waals surface area contributed by atoms with Gasteiger partial charge >= 0.3 is 0 Å². The van der Waals surface area contributed by atoms with Crippen LogP contribution in [-0.4, -0.2) is 55.2 Å². The van der Waals surface area contributed by atoms with Crippen LogP contribution in [0.25, 0.3) is 22.5 Å². The number of phenols is 1. The number of hydrogen-bond acceptors (Lipinski definition) is 7. The van der Waals surface area contributed by atoms with Crippen molar-refractivity contribution in [3.05, 3.63) is 52.8 Å². The van der Waals surface area contributed by atoms with E-state index in [9.17, 15) is 14.3 Å². The van der Waals surface area contributed by atoms with Crippen LogP contribution < -0.4 is 15.8 Å². The van der Waals surface area contributed by atoms with Crippen LogP contribution in [-0.2, 0) is 7.05 Å². The fourth-order valence-corrected chi connectivity index (χ4v) is 5.65. The van der Waals surface area contributed by atoms with Crippen molar-refractivity contribution in [2.75, 3.05) is 4.90 Å². The Bertz CT molecular complexity index is 1340. The molecular formula is C26H28F2N6O2. The van der Waals surface area contributed by atoms with Gasteiger partial charge in [-0.25, -0.2) is 13.8 Å². The number of hydrogen-bond donors (Lipinski definition) is 2. The first-order valence-electron chi connectivity index (χ1n) is 12.5. The molecule has 0 amide bonds. The number of benzene rings is 1. The van der Waals surface area contributed by atoms with Crippen LogP contribution >= 0.6 is 0 Å². The maximum Gasteiger partial charge on any atom is 0.251 e. The van der Waals surface area contributed by atoms with Gasteiger partial charge in [0.05, 0.1) is 17.8 Å². The number of pyridine rings is 1. The van der Waals surface area contributed by atoms with E-state index < -0.39 is 12.0 Å². The van der Waals surface area contributed by atoms with E-state index in [1.54, 1.807) is 18.3 Å². The van der Waals surface area contributed by atoms with E-state index in [1.807, 2.05) is 0 Å². The van der Waals surface area contributed by atoms with E-state index in [0.717, 1.165) is 49.3 Å². The van der Waals surface area contributed by atoms with Crippen molar-refractivity contribution < 1.29 is 13.9 Å². The molecule has 10 heteroatoms. The number of anilines is 1. The molecule has 2 bridgehead atoms. The number of rotatable bonds is 5. The van der Waals surface area contributed by atoms with Gasteiger partial charge in [0.1, 0.15) is 17.7 Å². The molecule has 0 spiro atoms. The van der Waals surface area contributed by atoms with Crippen molar-refractivity contribution in [2.24, 2.45) is 7.05 Å². The number of halogens is 2. The highest BCUT2D eigenvalue weighted by atomic mass is 19.1. The third-order valence-electron chi connectivity index (χ3n) is 7.64. The Hall–Kier alpha value is -3.40. The molecule has 36 heavy (non-hydrogen) atoms. The lowest BCUT2D eigenvalue weighted by atomic mass is 9.82. The summed E-state index contributed by atoms with van der Waals surface area (Å²) >= 11 is 0. The first-order valence-corrected chi connectivity index (χ1v) is 12.5.